The van der Waals surface area contributed by atoms with Gasteiger partial charge < -0.3 is 28.6 Å². The average molecular weight is 538 g/mol. The fraction of sp³-hybridized carbons (Fsp3) is 0.562. The van der Waals surface area contributed by atoms with Crippen molar-refractivity contribution in [1.82, 2.24) is 0 Å². The van der Waals surface area contributed by atoms with Gasteiger partial charge in [0.15, 0.2) is 6.10 Å². The van der Waals surface area contributed by atoms with Gasteiger partial charge in [0.1, 0.15) is 18.8 Å². The van der Waals surface area contributed by atoms with Gasteiger partial charge >= 0.3 is 5.97 Å². The molecule has 39 heavy (non-hydrogen) atoms. The first-order chi connectivity index (χ1) is 19.0. The van der Waals surface area contributed by atoms with E-state index in [1.165, 1.54) is 25.9 Å². The van der Waals surface area contributed by atoms with Gasteiger partial charge in [-0.15, -0.1) is 0 Å². The highest BCUT2D eigenvalue weighted by Gasteiger charge is 2.50. The minimum absolute atomic E-state index is 0.0308. The van der Waals surface area contributed by atoms with E-state index >= 15 is 0 Å². The Morgan fingerprint density at radius 3 is 2.26 bits per heavy atom. The van der Waals surface area contributed by atoms with Gasteiger partial charge in [-0.2, -0.15) is 0 Å². The van der Waals surface area contributed by atoms with E-state index in [9.17, 15) is 4.79 Å². The van der Waals surface area contributed by atoms with Crippen molar-refractivity contribution >= 4 is 12.4 Å². The summed E-state index contributed by atoms with van der Waals surface area (Å²) in [6.07, 6.45) is 8.77. The minimum Gasteiger partial charge on any atom is -0.554 e. The number of carbonyl (C=O) groups is 2. The lowest BCUT2D eigenvalue weighted by atomic mass is 9.74. The molecule has 212 valence electrons. The Labute approximate surface area is 232 Å². The average Bonchev–Trinajstić information content (AvgIpc) is 3.25. The molecule has 0 radical (unpaired) electrons. The summed E-state index contributed by atoms with van der Waals surface area (Å²) in [5, 5.41) is 8.25. The number of ether oxygens (including phenoxy) is 3. The molecular formula is C32H43NO6. The van der Waals surface area contributed by atoms with E-state index in [0.29, 0.717) is 12.5 Å². The zero-order valence-electron chi connectivity index (χ0n) is 23.2. The second-order valence-electron chi connectivity index (χ2n) is 11.3. The Morgan fingerprint density at radius 1 is 1.00 bits per heavy atom. The predicted octanol–water partition coefficient (Wildman–Crippen LogP) is 4.02. The van der Waals surface area contributed by atoms with Gasteiger partial charge in [0.05, 0.1) is 38.8 Å². The van der Waals surface area contributed by atoms with Gasteiger partial charge in [0.25, 0.3) is 0 Å². The molecule has 3 heterocycles. The molecule has 1 unspecified atom stereocenters. The van der Waals surface area contributed by atoms with Crippen LogP contribution in [0.4, 0.5) is 0 Å². The second-order valence-corrected chi connectivity index (χ2v) is 11.3. The maximum Gasteiger partial charge on any atom is 0.317 e. The van der Waals surface area contributed by atoms with Gasteiger partial charge in [-0.3, -0.25) is 4.79 Å². The van der Waals surface area contributed by atoms with Crippen LogP contribution < -0.4 is 9.84 Å². The van der Waals surface area contributed by atoms with Gasteiger partial charge in [-0.25, -0.2) is 0 Å². The molecule has 3 saturated heterocycles. The Bertz CT molecular complexity index is 1020. The molecular weight excluding hydrogens is 494 g/mol. The van der Waals surface area contributed by atoms with E-state index in [2.05, 4.69) is 36.4 Å². The lowest BCUT2D eigenvalue weighted by Crippen LogP contribution is -2.65. The van der Waals surface area contributed by atoms with Crippen molar-refractivity contribution in [2.45, 2.75) is 69.5 Å². The van der Waals surface area contributed by atoms with Crippen LogP contribution in [0.15, 0.2) is 54.6 Å². The molecule has 1 aliphatic carbocycles. The number of carbonyl (C=O) groups excluding carboxylic acids is 2. The molecule has 4 fully saturated rings. The van der Waals surface area contributed by atoms with Gasteiger partial charge in [-0.1, -0.05) is 68.1 Å². The number of carboxylic acid groups (broad SMARTS) is 1. The summed E-state index contributed by atoms with van der Waals surface area (Å²) in [4.78, 5) is 22.2. The monoisotopic (exact) mass is 537 g/mol. The van der Waals surface area contributed by atoms with Crippen LogP contribution in [0.25, 0.3) is 0 Å². The molecule has 2 aromatic rings. The summed E-state index contributed by atoms with van der Waals surface area (Å²) in [5.41, 5.74) is 1.83. The first-order valence-corrected chi connectivity index (χ1v) is 14.4. The fourth-order valence-electron chi connectivity index (χ4n) is 6.79. The smallest absolute Gasteiger partial charge is 0.317 e. The highest BCUT2D eigenvalue weighted by Crippen LogP contribution is 2.42. The van der Waals surface area contributed by atoms with Crippen molar-refractivity contribution in [2.24, 2.45) is 5.92 Å². The number of rotatable bonds is 9. The summed E-state index contributed by atoms with van der Waals surface area (Å²) in [6, 6.07) is 18.5. The first-order valence-electron chi connectivity index (χ1n) is 14.4. The largest absolute Gasteiger partial charge is 0.554 e. The quantitative estimate of drug-likeness (QED) is 0.158. The maximum atomic E-state index is 13.9. The highest BCUT2D eigenvalue weighted by atomic mass is 16.5. The fourth-order valence-corrected chi connectivity index (χ4v) is 6.79. The number of quaternary nitrogens is 1. The van der Waals surface area contributed by atoms with E-state index in [4.69, 9.17) is 24.1 Å². The number of piperidine rings is 3. The second kappa shape index (κ2) is 13.9. The molecule has 3 aliphatic heterocycles. The number of esters is 1. The third kappa shape index (κ3) is 7.20. The van der Waals surface area contributed by atoms with E-state index < -0.39 is 11.9 Å². The highest BCUT2D eigenvalue weighted by molar-refractivity contribution is 5.83. The summed E-state index contributed by atoms with van der Waals surface area (Å²) in [5.74, 6) is 1.41. The van der Waals surface area contributed by atoms with Crippen LogP contribution in [-0.2, 0) is 31.1 Å². The zero-order chi connectivity index (χ0) is 27.6. The summed E-state index contributed by atoms with van der Waals surface area (Å²) >= 11 is 0. The van der Waals surface area contributed by atoms with Crippen LogP contribution in [0.1, 0.15) is 62.5 Å². The summed E-state index contributed by atoms with van der Waals surface area (Å²) in [7, 11) is 1.68. The predicted molar refractivity (Wildman–Crippen MR) is 147 cm³/mol. The van der Waals surface area contributed by atoms with Crippen LogP contribution in [0.2, 0.25) is 0 Å². The third-order valence-electron chi connectivity index (χ3n) is 9.11. The molecule has 2 aromatic carbocycles. The molecule has 0 amide bonds. The lowest BCUT2D eigenvalue weighted by Gasteiger charge is -2.52. The number of fused-ring (bicyclic) bond motifs is 3. The number of hydrogen-bond acceptors (Lipinski definition) is 6. The standard InChI is InChI=1S/C31H42NO4.CH2O2/c1-34-28-13-11-25(12-14-28)24-35-22-21-32-19-15-26(16-20-32)29(23-32)36-30(33)31(17-7-2-3-8-18-31)27-9-5-4-6-10-27;2-1-3/h4-6,9-14,26,29H,2-3,7-8,15-24H2,1H3;1H,(H,2,3)/q+1;/p-1. The summed E-state index contributed by atoms with van der Waals surface area (Å²) < 4.78 is 18.8. The Kier molecular flexibility index (Phi) is 10.4. The minimum atomic E-state index is -0.500. The molecule has 2 bridgehead atoms. The molecule has 7 nitrogen and oxygen atoms in total. The zero-order valence-corrected chi connectivity index (χ0v) is 23.2. The van der Waals surface area contributed by atoms with Crippen molar-refractivity contribution < 1.29 is 33.4 Å². The van der Waals surface area contributed by atoms with E-state index in [-0.39, 0.29) is 12.1 Å². The van der Waals surface area contributed by atoms with Crippen LogP contribution in [-0.4, -0.2) is 62.9 Å². The first kappa shape index (κ1) is 29.1. The molecule has 0 N–H and O–H groups in total. The van der Waals surface area contributed by atoms with Crippen LogP contribution in [0, 0.1) is 5.92 Å². The number of benzene rings is 2. The molecule has 1 saturated carbocycles. The van der Waals surface area contributed by atoms with Crippen LogP contribution >= 0.6 is 0 Å². The van der Waals surface area contributed by atoms with Crippen molar-refractivity contribution in [3.05, 3.63) is 65.7 Å². The third-order valence-corrected chi connectivity index (χ3v) is 9.11. The van der Waals surface area contributed by atoms with Crippen LogP contribution in [0.3, 0.4) is 0 Å². The summed E-state index contributed by atoms with van der Waals surface area (Å²) in [6.45, 7) is 5.12. The maximum absolute atomic E-state index is 13.9. The molecule has 0 aromatic heterocycles. The van der Waals surface area contributed by atoms with Crippen molar-refractivity contribution in [1.29, 1.82) is 0 Å². The SMILES string of the molecule is COc1ccc(COCC[N+]23CCC(CC2)C(OC(=O)C2(c4ccccc4)CCCCCC2)C3)cc1.O=C[O-]. The number of methoxy groups -OCH3 is 1. The Balaban J connectivity index is 0.00000112. The topological polar surface area (TPSA) is 84.9 Å². The lowest BCUT2D eigenvalue weighted by molar-refractivity contribution is -0.946. The van der Waals surface area contributed by atoms with Gasteiger partial charge in [-0.05, 0) is 36.1 Å². The molecule has 1 atom stereocenters. The van der Waals surface area contributed by atoms with Crippen molar-refractivity contribution in [3.63, 3.8) is 0 Å². The van der Waals surface area contributed by atoms with E-state index in [1.54, 1.807) is 7.11 Å². The van der Waals surface area contributed by atoms with Crippen molar-refractivity contribution in [3.8, 4) is 5.75 Å². The normalized spacial score (nSPS) is 25.5. The molecule has 0 spiro atoms. The molecule has 7 heteroatoms. The molecule has 4 aliphatic rings. The Hall–Kier alpha value is -2.90. The van der Waals surface area contributed by atoms with Gasteiger partial charge in [0, 0.05) is 25.2 Å². The molecule has 6 rings (SSSR count). The number of nitrogens with zero attached hydrogens (tertiary/aromatic N) is 1. The Morgan fingerprint density at radius 2 is 1.64 bits per heavy atom. The van der Waals surface area contributed by atoms with Gasteiger partial charge in [0.2, 0.25) is 0 Å². The number of hydrogen-bond donors (Lipinski definition) is 0. The van der Waals surface area contributed by atoms with Crippen molar-refractivity contribution in [2.75, 3.05) is 39.9 Å². The van der Waals surface area contributed by atoms with Crippen LogP contribution in [0.5, 0.6) is 5.75 Å². The van der Waals surface area contributed by atoms with E-state index in [0.717, 1.165) is 79.6 Å². The van der Waals surface area contributed by atoms with E-state index in [1.807, 2.05) is 18.2 Å².